The van der Waals surface area contributed by atoms with Gasteiger partial charge in [-0.3, -0.25) is 10.1 Å². The van der Waals surface area contributed by atoms with Crippen molar-refractivity contribution in [1.82, 2.24) is 10.6 Å². The van der Waals surface area contributed by atoms with Crippen molar-refractivity contribution in [3.05, 3.63) is 34.3 Å². The topological polar surface area (TPSA) is 84.5 Å². The summed E-state index contributed by atoms with van der Waals surface area (Å²) in [6.45, 7) is -0.515. The maximum absolute atomic E-state index is 11.5. The Labute approximate surface area is 112 Å². The number of imide groups is 1. The Hall–Kier alpha value is -1.89. The number of benzene rings is 1. The number of amides is 3. The van der Waals surface area contributed by atoms with Crippen LogP contribution in [0.4, 0.5) is 4.79 Å². The average molecular weight is 315 g/mol. The Balaban J connectivity index is 2.46. The number of esters is 1. The molecule has 1 rings (SSSR count). The minimum Gasteiger partial charge on any atom is -0.452 e. The Morgan fingerprint density at radius 3 is 2.67 bits per heavy atom. The Kier molecular flexibility index (Phi) is 5.31. The molecule has 0 aliphatic heterocycles. The molecule has 18 heavy (non-hydrogen) atoms. The monoisotopic (exact) mass is 314 g/mol. The van der Waals surface area contributed by atoms with Crippen LogP contribution in [0.15, 0.2) is 28.7 Å². The maximum Gasteiger partial charge on any atom is 0.338 e. The number of halogens is 1. The molecule has 96 valence electrons. The highest BCUT2D eigenvalue weighted by molar-refractivity contribution is 9.10. The Bertz CT molecular complexity index is 476. The minimum atomic E-state index is -0.697. The molecule has 3 amide bonds. The molecule has 0 aliphatic carbocycles. The van der Waals surface area contributed by atoms with Crippen molar-refractivity contribution in [2.75, 3.05) is 13.7 Å². The molecular formula is C11H11BrN2O4. The largest absolute Gasteiger partial charge is 0.452 e. The lowest BCUT2D eigenvalue weighted by molar-refractivity contribution is -0.123. The second kappa shape index (κ2) is 6.75. The lowest BCUT2D eigenvalue weighted by Crippen LogP contribution is -2.39. The molecule has 0 heterocycles. The summed E-state index contributed by atoms with van der Waals surface area (Å²) in [5.74, 6) is -1.33. The number of hydrogen-bond donors (Lipinski definition) is 2. The molecule has 0 radical (unpaired) electrons. The molecule has 0 saturated heterocycles. The van der Waals surface area contributed by atoms with E-state index >= 15 is 0 Å². The van der Waals surface area contributed by atoms with Gasteiger partial charge in [-0.2, -0.15) is 0 Å². The number of ether oxygens (including phenoxy) is 1. The standard InChI is InChI=1S/C11H11BrN2O4/c1-13-11(17)14-9(15)6-18-10(16)7-3-2-4-8(12)5-7/h2-5H,6H2,1H3,(H2,13,14,15,17). The van der Waals surface area contributed by atoms with Crippen LogP contribution in [0.2, 0.25) is 0 Å². The van der Waals surface area contributed by atoms with Gasteiger partial charge in [-0.05, 0) is 18.2 Å². The lowest BCUT2D eigenvalue weighted by atomic mass is 10.2. The van der Waals surface area contributed by atoms with E-state index in [0.29, 0.717) is 5.56 Å². The molecule has 7 heteroatoms. The average Bonchev–Trinajstić information content (AvgIpc) is 2.35. The number of urea groups is 1. The quantitative estimate of drug-likeness (QED) is 0.817. The van der Waals surface area contributed by atoms with E-state index in [4.69, 9.17) is 4.74 Å². The van der Waals surface area contributed by atoms with Gasteiger partial charge in [0.05, 0.1) is 5.56 Å². The summed E-state index contributed by atoms with van der Waals surface area (Å²) in [7, 11) is 1.37. The molecule has 1 aromatic carbocycles. The summed E-state index contributed by atoms with van der Waals surface area (Å²) in [6, 6.07) is 5.90. The third-order valence-electron chi connectivity index (χ3n) is 1.87. The van der Waals surface area contributed by atoms with Crippen molar-refractivity contribution in [1.29, 1.82) is 0 Å². The van der Waals surface area contributed by atoms with Gasteiger partial charge in [0.15, 0.2) is 6.61 Å². The molecule has 2 N–H and O–H groups in total. The third kappa shape index (κ3) is 4.54. The van der Waals surface area contributed by atoms with Gasteiger partial charge in [0, 0.05) is 11.5 Å². The van der Waals surface area contributed by atoms with Crippen molar-refractivity contribution in [3.8, 4) is 0 Å². The van der Waals surface area contributed by atoms with Crippen molar-refractivity contribution in [3.63, 3.8) is 0 Å². The van der Waals surface area contributed by atoms with E-state index in [1.165, 1.54) is 7.05 Å². The second-order valence-electron chi connectivity index (χ2n) is 3.21. The number of carbonyl (C=O) groups excluding carboxylic acids is 3. The fourth-order valence-corrected chi connectivity index (χ4v) is 1.45. The molecule has 0 aromatic heterocycles. The fourth-order valence-electron chi connectivity index (χ4n) is 1.06. The van der Waals surface area contributed by atoms with E-state index < -0.39 is 24.5 Å². The highest BCUT2D eigenvalue weighted by atomic mass is 79.9. The van der Waals surface area contributed by atoms with Crippen LogP contribution in [0.25, 0.3) is 0 Å². The van der Waals surface area contributed by atoms with E-state index in [2.05, 4.69) is 21.2 Å². The smallest absolute Gasteiger partial charge is 0.338 e. The number of carbonyl (C=O) groups is 3. The van der Waals surface area contributed by atoms with Crippen LogP contribution < -0.4 is 10.6 Å². The molecule has 0 spiro atoms. The zero-order chi connectivity index (χ0) is 13.5. The predicted octanol–water partition coefficient (Wildman–Crippen LogP) is 1.06. The Morgan fingerprint density at radius 2 is 2.06 bits per heavy atom. The summed E-state index contributed by atoms with van der Waals surface area (Å²) in [6.07, 6.45) is 0. The first-order valence-corrected chi connectivity index (χ1v) is 5.76. The number of hydrogen-bond acceptors (Lipinski definition) is 4. The molecule has 0 unspecified atom stereocenters. The normalized spacial score (nSPS) is 9.44. The zero-order valence-corrected chi connectivity index (χ0v) is 11.1. The van der Waals surface area contributed by atoms with Gasteiger partial charge < -0.3 is 10.1 Å². The van der Waals surface area contributed by atoms with E-state index in [-0.39, 0.29) is 0 Å². The van der Waals surface area contributed by atoms with Crippen LogP contribution in [0.5, 0.6) is 0 Å². The molecule has 0 aliphatic rings. The molecule has 0 saturated carbocycles. The van der Waals surface area contributed by atoms with Gasteiger partial charge in [-0.25, -0.2) is 9.59 Å². The van der Waals surface area contributed by atoms with Crippen LogP contribution in [0.3, 0.4) is 0 Å². The highest BCUT2D eigenvalue weighted by Crippen LogP contribution is 2.12. The van der Waals surface area contributed by atoms with Gasteiger partial charge >= 0.3 is 12.0 Å². The van der Waals surface area contributed by atoms with Crippen LogP contribution in [0, 0.1) is 0 Å². The van der Waals surface area contributed by atoms with Crippen molar-refractivity contribution in [2.45, 2.75) is 0 Å². The van der Waals surface area contributed by atoms with E-state index in [1.54, 1.807) is 24.3 Å². The highest BCUT2D eigenvalue weighted by Gasteiger charge is 2.11. The molecule has 0 bridgehead atoms. The van der Waals surface area contributed by atoms with Gasteiger partial charge in [0.1, 0.15) is 0 Å². The van der Waals surface area contributed by atoms with Crippen LogP contribution in [-0.4, -0.2) is 31.6 Å². The van der Waals surface area contributed by atoms with Crippen LogP contribution in [0.1, 0.15) is 10.4 Å². The van der Waals surface area contributed by atoms with E-state index in [1.807, 2.05) is 5.32 Å². The third-order valence-corrected chi connectivity index (χ3v) is 2.37. The first kappa shape index (κ1) is 14.2. The van der Waals surface area contributed by atoms with Gasteiger partial charge in [0.2, 0.25) is 0 Å². The summed E-state index contributed by atoms with van der Waals surface area (Å²) in [5, 5.41) is 4.18. The lowest BCUT2D eigenvalue weighted by Gasteiger charge is -2.05. The van der Waals surface area contributed by atoms with Crippen molar-refractivity contribution >= 4 is 33.8 Å². The van der Waals surface area contributed by atoms with Crippen LogP contribution >= 0.6 is 15.9 Å². The Morgan fingerprint density at radius 1 is 1.33 bits per heavy atom. The summed E-state index contributed by atoms with van der Waals surface area (Å²) < 4.78 is 5.47. The van der Waals surface area contributed by atoms with Crippen molar-refractivity contribution in [2.24, 2.45) is 0 Å². The van der Waals surface area contributed by atoms with Crippen LogP contribution in [-0.2, 0) is 9.53 Å². The molecular weight excluding hydrogens is 304 g/mol. The molecule has 1 aromatic rings. The predicted molar refractivity (Wildman–Crippen MR) is 67.0 cm³/mol. The first-order valence-electron chi connectivity index (χ1n) is 4.97. The van der Waals surface area contributed by atoms with E-state index in [9.17, 15) is 14.4 Å². The SMILES string of the molecule is CNC(=O)NC(=O)COC(=O)c1cccc(Br)c1. The van der Waals surface area contributed by atoms with Crippen molar-refractivity contribution < 1.29 is 19.1 Å². The number of rotatable bonds is 3. The first-order chi connectivity index (χ1) is 8.52. The molecule has 0 fully saturated rings. The molecule has 0 atom stereocenters. The maximum atomic E-state index is 11.5. The summed E-state index contributed by atoms with van der Waals surface area (Å²) in [5.41, 5.74) is 0.317. The van der Waals surface area contributed by atoms with E-state index in [0.717, 1.165) is 4.47 Å². The number of nitrogens with one attached hydrogen (secondary N) is 2. The fraction of sp³-hybridized carbons (Fsp3) is 0.182. The van der Waals surface area contributed by atoms with Gasteiger partial charge in [-0.15, -0.1) is 0 Å². The zero-order valence-electron chi connectivity index (χ0n) is 9.53. The summed E-state index contributed by atoms with van der Waals surface area (Å²) >= 11 is 3.21. The second-order valence-corrected chi connectivity index (χ2v) is 4.13. The van der Waals surface area contributed by atoms with Gasteiger partial charge in [0.25, 0.3) is 5.91 Å². The molecule has 6 nitrogen and oxygen atoms in total. The summed E-state index contributed by atoms with van der Waals surface area (Å²) in [4.78, 5) is 33.5. The minimum absolute atomic E-state index is 0.317. The van der Waals surface area contributed by atoms with Gasteiger partial charge in [-0.1, -0.05) is 22.0 Å².